The molecule has 0 saturated carbocycles. The summed E-state index contributed by atoms with van der Waals surface area (Å²) < 4.78 is 5.45. The molecule has 2 heterocycles. The van der Waals surface area contributed by atoms with E-state index in [-0.39, 0.29) is 5.91 Å². The number of aromatic nitrogens is 1. The average molecular weight is 332 g/mol. The Bertz CT molecular complexity index is 999. The van der Waals surface area contributed by atoms with E-state index in [0.29, 0.717) is 17.7 Å². The van der Waals surface area contributed by atoms with Crippen LogP contribution in [0.25, 0.3) is 10.9 Å². The van der Waals surface area contributed by atoms with Crippen molar-refractivity contribution in [1.29, 1.82) is 0 Å². The van der Waals surface area contributed by atoms with Crippen molar-refractivity contribution in [3.05, 3.63) is 71.9 Å². The summed E-state index contributed by atoms with van der Waals surface area (Å²) in [5.74, 6) is -0.844. The Morgan fingerprint density at radius 1 is 1.16 bits per heavy atom. The number of cyclic esters (lactones) is 1. The first kappa shape index (κ1) is 15.3. The van der Waals surface area contributed by atoms with Crippen molar-refractivity contribution >= 4 is 28.5 Å². The number of carbonyl (C=O) groups excluding carboxylic acids is 2. The Hall–Kier alpha value is -3.21. The minimum atomic E-state index is -1.25. The minimum absolute atomic E-state index is 0.335. The van der Waals surface area contributed by atoms with Gasteiger partial charge in [0.25, 0.3) is 5.91 Å². The van der Waals surface area contributed by atoms with Gasteiger partial charge in [0.2, 0.25) is 0 Å². The fourth-order valence-corrected chi connectivity index (χ4v) is 3.06. The third-order valence-corrected chi connectivity index (χ3v) is 4.41. The van der Waals surface area contributed by atoms with E-state index in [9.17, 15) is 9.59 Å². The summed E-state index contributed by atoms with van der Waals surface area (Å²) >= 11 is 0. The fraction of sp³-hybridized carbons (Fsp3) is 0.150. The van der Waals surface area contributed by atoms with Crippen molar-refractivity contribution in [1.82, 2.24) is 4.98 Å². The van der Waals surface area contributed by atoms with Gasteiger partial charge >= 0.3 is 5.97 Å². The van der Waals surface area contributed by atoms with Gasteiger partial charge in [-0.2, -0.15) is 0 Å². The molecule has 0 spiro atoms. The number of fused-ring (bicyclic) bond motifs is 2. The fourth-order valence-electron chi connectivity index (χ4n) is 3.06. The molecule has 1 aliphatic heterocycles. The van der Waals surface area contributed by atoms with Crippen molar-refractivity contribution in [2.75, 3.05) is 5.32 Å². The van der Waals surface area contributed by atoms with Crippen LogP contribution in [0.3, 0.4) is 0 Å². The molecule has 1 aliphatic rings. The summed E-state index contributed by atoms with van der Waals surface area (Å²) in [6, 6.07) is 16.7. The SMILES string of the molecule is CC1(C(=O)Nc2cnc3ccccc3c2)Cc2ccccc2C(=O)O1. The molecule has 0 bridgehead atoms. The number of nitrogens with one attached hydrogen (secondary N) is 1. The molecule has 124 valence electrons. The maximum Gasteiger partial charge on any atom is 0.339 e. The van der Waals surface area contributed by atoms with Crippen LogP contribution in [-0.2, 0) is 16.0 Å². The first-order valence-corrected chi connectivity index (χ1v) is 8.03. The second-order valence-corrected chi connectivity index (χ2v) is 6.33. The molecular weight excluding hydrogens is 316 g/mol. The molecule has 0 aliphatic carbocycles. The molecule has 1 amide bonds. The molecule has 1 N–H and O–H groups in total. The van der Waals surface area contributed by atoms with Crippen molar-refractivity contribution in [2.24, 2.45) is 0 Å². The summed E-state index contributed by atoms with van der Waals surface area (Å²) in [6.07, 6.45) is 1.93. The van der Waals surface area contributed by atoms with E-state index in [2.05, 4.69) is 10.3 Å². The number of amides is 1. The normalized spacial score (nSPS) is 19.2. The van der Waals surface area contributed by atoms with Gasteiger partial charge in [0.15, 0.2) is 5.60 Å². The Balaban J connectivity index is 1.61. The molecule has 1 atom stereocenters. The largest absolute Gasteiger partial charge is 0.445 e. The standard InChI is InChI=1S/C20H16N2O3/c1-20(11-14-7-2-4-8-16(14)18(23)25-20)19(24)22-15-10-13-6-3-5-9-17(13)21-12-15/h2-10,12H,11H2,1H3,(H,22,24). The van der Waals surface area contributed by atoms with E-state index in [1.807, 2.05) is 42.5 Å². The summed E-state index contributed by atoms with van der Waals surface area (Å²) in [5, 5.41) is 3.74. The van der Waals surface area contributed by atoms with E-state index >= 15 is 0 Å². The number of rotatable bonds is 2. The second-order valence-electron chi connectivity index (χ2n) is 6.33. The number of nitrogens with zero attached hydrogens (tertiary/aromatic N) is 1. The Morgan fingerprint density at radius 3 is 2.80 bits per heavy atom. The molecule has 0 fully saturated rings. The third-order valence-electron chi connectivity index (χ3n) is 4.41. The van der Waals surface area contributed by atoms with Crippen LogP contribution in [0.5, 0.6) is 0 Å². The van der Waals surface area contributed by atoms with E-state index in [1.54, 1.807) is 25.3 Å². The quantitative estimate of drug-likeness (QED) is 0.731. The summed E-state index contributed by atoms with van der Waals surface area (Å²) in [7, 11) is 0. The van der Waals surface area contributed by atoms with Crippen LogP contribution in [0.1, 0.15) is 22.8 Å². The predicted octanol–water partition coefficient (Wildman–Crippen LogP) is 3.35. The zero-order valence-corrected chi connectivity index (χ0v) is 13.7. The average Bonchev–Trinajstić information content (AvgIpc) is 2.61. The molecule has 25 heavy (non-hydrogen) atoms. The van der Waals surface area contributed by atoms with E-state index in [0.717, 1.165) is 16.5 Å². The first-order valence-electron chi connectivity index (χ1n) is 8.03. The number of hydrogen-bond acceptors (Lipinski definition) is 4. The van der Waals surface area contributed by atoms with Gasteiger partial charge < -0.3 is 10.1 Å². The lowest BCUT2D eigenvalue weighted by molar-refractivity contribution is -0.134. The molecule has 2 aromatic carbocycles. The van der Waals surface area contributed by atoms with E-state index < -0.39 is 11.6 Å². The lowest BCUT2D eigenvalue weighted by Gasteiger charge is -2.33. The molecular formula is C20H16N2O3. The smallest absolute Gasteiger partial charge is 0.339 e. The predicted molar refractivity (Wildman–Crippen MR) is 94.3 cm³/mol. The zero-order valence-electron chi connectivity index (χ0n) is 13.7. The van der Waals surface area contributed by atoms with Crippen LogP contribution in [0.15, 0.2) is 60.8 Å². The van der Waals surface area contributed by atoms with Gasteiger partial charge in [-0.05, 0) is 30.7 Å². The first-order chi connectivity index (χ1) is 12.0. The van der Waals surface area contributed by atoms with E-state index in [1.165, 1.54) is 0 Å². The van der Waals surface area contributed by atoms with Gasteiger partial charge in [0, 0.05) is 11.8 Å². The molecule has 3 aromatic rings. The van der Waals surface area contributed by atoms with Crippen LogP contribution < -0.4 is 5.32 Å². The highest BCUT2D eigenvalue weighted by molar-refractivity contribution is 6.03. The summed E-state index contributed by atoms with van der Waals surface area (Å²) in [6.45, 7) is 1.63. The molecule has 5 nitrogen and oxygen atoms in total. The van der Waals surface area contributed by atoms with Crippen molar-refractivity contribution in [3.8, 4) is 0 Å². The van der Waals surface area contributed by atoms with E-state index in [4.69, 9.17) is 4.74 Å². The Kier molecular flexibility index (Phi) is 3.50. The topological polar surface area (TPSA) is 68.3 Å². The maximum atomic E-state index is 12.8. The molecule has 4 rings (SSSR count). The highest BCUT2D eigenvalue weighted by Gasteiger charge is 2.42. The van der Waals surface area contributed by atoms with Gasteiger partial charge in [0.05, 0.1) is 23.0 Å². The number of carbonyl (C=O) groups is 2. The van der Waals surface area contributed by atoms with Crippen LogP contribution in [0.4, 0.5) is 5.69 Å². The number of pyridine rings is 1. The molecule has 1 unspecified atom stereocenters. The number of para-hydroxylation sites is 1. The molecule has 0 saturated heterocycles. The Morgan fingerprint density at radius 2 is 1.92 bits per heavy atom. The van der Waals surface area contributed by atoms with Crippen molar-refractivity contribution < 1.29 is 14.3 Å². The summed E-state index contributed by atoms with van der Waals surface area (Å²) in [5.41, 5.74) is 1.50. The van der Waals surface area contributed by atoms with Gasteiger partial charge in [-0.15, -0.1) is 0 Å². The lowest BCUT2D eigenvalue weighted by atomic mass is 9.89. The second kappa shape index (κ2) is 5.70. The molecule has 1 aromatic heterocycles. The number of benzene rings is 2. The lowest BCUT2D eigenvalue weighted by Crippen LogP contribution is -2.48. The number of esters is 1. The van der Waals surface area contributed by atoms with Gasteiger partial charge in [-0.3, -0.25) is 9.78 Å². The summed E-state index contributed by atoms with van der Waals surface area (Å²) in [4.78, 5) is 29.3. The monoisotopic (exact) mass is 332 g/mol. The van der Waals surface area contributed by atoms with Crippen molar-refractivity contribution in [3.63, 3.8) is 0 Å². The maximum absolute atomic E-state index is 12.8. The highest BCUT2D eigenvalue weighted by atomic mass is 16.6. The van der Waals surface area contributed by atoms with Crippen LogP contribution >= 0.6 is 0 Å². The number of anilines is 1. The molecule has 5 heteroatoms. The number of hydrogen-bond donors (Lipinski definition) is 1. The Labute approximate surface area is 144 Å². The minimum Gasteiger partial charge on any atom is -0.445 e. The highest BCUT2D eigenvalue weighted by Crippen LogP contribution is 2.29. The van der Waals surface area contributed by atoms with Crippen LogP contribution in [0, 0.1) is 0 Å². The number of ether oxygens (including phenoxy) is 1. The van der Waals surface area contributed by atoms with Crippen LogP contribution in [0.2, 0.25) is 0 Å². The zero-order chi connectivity index (χ0) is 17.4. The van der Waals surface area contributed by atoms with Gasteiger partial charge in [0.1, 0.15) is 0 Å². The molecule has 0 radical (unpaired) electrons. The third kappa shape index (κ3) is 2.74. The van der Waals surface area contributed by atoms with Gasteiger partial charge in [-0.25, -0.2) is 4.79 Å². The van der Waals surface area contributed by atoms with Gasteiger partial charge in [-0.1, -0.05) is 36.4 Å². The van der Waals surface area contributed by atoms with Crippen LogP contribution in [-0.4, -0.2) is 22.5 Å². The van der Waals surface area contributed by atoms with Crippen molar-refractivity contribution in [2.45, 2.75) is 18.9 Å².